The topological polar surface area (TPSA) is 50.9 Å². The number of fused-ring (bicyclic) bond motifs is 1. The predicted octanol–water partition coefficient (Wildman–Crippen LogP) is 3.74. The van der Waals surface area contributed by atoms with Crippen molar-refractivity contribution in [3.8, 4) is 11.4 Å². The second kappa shape index (κ2) is 5.65. The molecule has 1 aromatic carbocycles. The summed E-state index contributed by atoms with van der Waals surface area (Å²) in [4.78, 5) is 9.39. The highest BCUT2D eigenvalue weighted by molar-refractivity contribution is 7.99. The minimum absolute atomic E-state index is 0.275. The molecule has 1 N–H and O–H groups in total. The van der Waals surface area contributed by atoms with Crippen molar-refractivity contribution in [1.29, 1.82) is 0 Å². The van der Waals surface area contributed by atoms with Crippen molar-refractivity contribution in [2.45, 2.75) is 18.8 Å². The van der Waals surface area contributed by atoms with Gasteiger partial charge in [0.1, 0.15) is 17.1 Å². The van der Waals surface area contributed by atoms with Crippen LogP contribution in [0.2, 0.25) is 0 Å². The predicted molar refractivity (Wildman–Crippen MR) is 89.8 cm³/mol. The molecule has 4 rings (SSSR count). The zero-order chi connectivity index (χ0) is 14.9. The molecule has 5 heteroatoms. The van der Waals surface area contributed by atoms with Crippen molar-refractivity contribution < 1.29 is 5.11 Å². The molecular formula is C17H17N3OS. The number of nitrogens with zero attached hydrogens (tertiary/aromatic N) is 3. The number of aromatic hydroxyl groups is 1. The molecule has 1 aliphatic rings. The zero-order valence-electron chi connectivity index (χ0n) is 12.1. The Balaban J connectivity index is 1.91. The van der Waals surface area contributed by atoms with Gasteiger partial charge >= 0.3 is 0 Å². The summed E-state index contributed by atoms with van der Waals surface area (Å²) in [7, 11) is 0. The largest absolute Gasteiger partial charge is 0.508 e. The Morgan fingerprint density at radius 2 is 1.86 bits per heavy atom. The smallest absolute Gasteiger partial charge is 0.164 e. The van der Waals surface area contributed by atoms with Crippen LogP contribution in [-0.4, -0.2) is 31.1 Å². The molecule has 1 saturated heterocycles. The van der Waals surface area contributed by atoms with E-state index in [1.807, 2.05) is 36.0 Å². The first-order valence-electron chi connectivity index (χ1n) is 7.53. The second-order valence-electron chi connectivity index (χ2n) is 5.55. The minimum Gasteiger partial charge on any atom is -0.508 e. The number of hydrogen-bond donors (Lipinski definition) is 1. The second-order valence-corrected chi connectivity index (χ2v) is 6.78. The summed E-state index contributed by atoms with van der Waals surface area (Å²) in [6, 6.07) is 11.2. The van der Waals surface area contributed by atoms with E-state index in [0.717, 1.165) is 35.5 Å². The van der Waals surface area contributed by atoms with Crippen LogP contribution in [0.25, 0.3) is 16.9 Å². The first-order chi connectivity index (χ1) is 10.8. The third-order valence-corrected chi connectivity index (χ3v) is 5.19. The third-order valence-electron chi connectivity index (χ3n) is 4.14. The third kappa shape index (κ3) is 2.35. The van der Waals surface area contributed by atoms with E-state index in [-0.39, 0.29) is 5.75 Å². The van der Waals surface area contributed by atoms with Crippen LogP contribution >= 0.6 is 11.8 Å². The molecule has 3 aromatic rings. The van der Waals surface area contributed by atoms with E-state index in [1.165, 1.54) is 11.5 Å². The summed E-state index contributed by atoms with van der Waals surface area (Å²) in [5.41, 5.74) is 2.83. The van der Waals surface area contributed by atoms with Gasteiger partial charge in [0, 0.05) is 17.8 Å². The normalized spacial score (nSPS) is 16.2. The zero-order valence-corrected chi connectivity index (χ0v) is 13.0. The Morgan fingerprint density at radius 1 is 1.09 bits per heavy atom. The lowest BCUT2D eigenvalue weighted by atomic mass is 10.0. The van der Waals surface area contributed by atoms with Crippen molar-refractivity contribution >= 4 is 22.9 Å². The molecule has 4 nitrogen and oxygen atoms in total. The average molecular weight is 311 g/mol. The Labute approximate surface area is 133 Å². The fourth-order valence-corrected chi connectivity index (χ4v) is 4.12. The number of pyridine rings is 1. The highest BCUT2D eigenvalue weighted by Crippen LogP contribution is 2.34. The molecule has 1 fully saturated rings. The fraction of sp³-hybridized carbons (Fsp3) is 0.294. The first kappa shape index (κ1) is 13.6. The summed E-state index contributed by atoms with van der Waals surface area (Å²) in [6.45, 7) is 0. The van der Waals surface area contributed by atoms with Gasteiger partial charge in [-0.05, 0) is 60.7 Å². The van der Waals surface area contributed by atoms with E-state index >= 15 is 0 Å². The van der Waals surface area contributed by atoms with Crippen LogP contribution in [0.1, 0.15) is 24.6 Å². The molecule has 0 atom stereocenters. The van der Waals surface area contributed by atoms with Gasteiger partial charge in [0.2, 0.25) is 0 Å². The number of phenolic OH excluding ortho intramolecular Hbond substituents is 1. The molecule has 0 radical (unpaired) electrons. The summed E-state index contributed by atoms with van der Waals surface area (Å²) >= 11 is 2.02. The van der Waals surface area contributed by atoms with Crippen molar-refractivity contribution in [3.63, 3.8) is 0 Å². The van der Waals surface area contributed by atoms with Crippen LogP contribution in [-0.2, 0) is 0 Å². The van der Waals surface area contributed by atoms with Crippen LogP contribution < -0.4 is 0 Å². The summed E-state index contributed by atoms with van der Waals surface area (Å²) in [5, 5.41) is 9.54. The van der Waals surface area contributed by atoms with E-state index in [9.17, 15) is 5.11 Å². The van der Waals surface area contributed by atoms with Crippen molar-refractivity contribution in [2.24, 2.45) is 0 Å². The lowest BCUT2D eigenvalue weighted by molar-refractivity contribution is 0.475. The molecule has 112 valence electrons. The number of rotatable bonds is 2. The maximum absolute atomic E-state index is 9.54. The number of aromatic nitrogens is 3. The van der Waals surface area contributed by atoms with E-state index in [1.54, 1.807) is 18.3 Å². The van der Waals surface area contributed by atoms with Crippen LogP contribution in [0.3, 0.4) is 0 Å². The molecule has 2 aromatic heterocycles. The average Bonchev–Trinajstić information content (AvgIpc) is 2.96. The number of benzene rings is 1. The Kier molecular flexibility index (Phi) is 3.50. The fourth-order valence-electron chi connectivity index (χ4n) is 3.02. The van der Waals surface area contributed by atoms with Crippen molar-refractivity contribution in [3.05, 3.63) is 48.4 Å². The van der Waals surface area contributed by atoms with E-state index < -0.39 is 0 Å². The molecule has 0 saturated carbocycles. The molecule has 3 heterocycles. The van der Waals surface area contributed by atoms with Gasteiger partial charge in [-0.1, -0.05) is 0 Å². The van der Waals surface area contributed by atoms with Gasteiger partial charge < -0.3 is 5.11 Å². The number of thioether (sulfide) groups is 1. The molecule has 0 aliphatic carbocycles. The van der Waals surface area contributed by atoms with Gasteiger partial charge in [0.15, 0.2) is 5.65 Å². The molecule has 0 unspecified atom stereocenters. The molecule has 22 heavy (non-hydrogen) atoms. The van der Waals surface area contributed by atoms with Crippen LogP contribution in [0, 0.1) is 0 Å². The van der Waals surface area contributed by atoms with Crippen LogP contribution in [0.4, 0.5) is 0 Å². The summed E-state index contributed by atoms with van der Waals surface area (Å²) in [5.74, 6) is 4.23. The molecule has 0 spiro atoms. The molecule has 1 aliphatic heterocycles. The maximum Gasteiger partial charge on any atom is 0.164 e. The molecule has 0 bridgehead atoms. The van der Waals surface area contributed by atoms with E-state index in [0.29, 0.717) is 5.92 Å². The summed E-state index contributed by atoms with van der Waals surface area (Å²) < 4.78 is 2.15. The molecular weight excluding hydrogens is 294 g/mol. The van der Waals surface area contributed by atoms with E-state index in [2.05, 4.69) is 9.55 Å². The van der Waals surface area contributed by atoms with Gasteiger partial charge in [-0.25, -0.2) is 9.97 Å². The van der Waals surface area contributed by atoms with Gasteiger partial charge in [-0.2, -0.15) is 11.8 Å². The lowest BCUT2D eigenvalue weighted by Crippen LogP contribution is -2.13. The van der Waals surface area contributed by atoms with Gasteiger partial charge in [0.25, 0.3) is 0 Å². The van der Waals surface area contributed by atoms with Gasteiger partial charge in [-0.3, -0.25) is 4.57 Å². The van der Waals surface area contributed by atoms with Gasteiger partial charge in [-0.15, -0.1) is 0 Å². The van der Waals surface area contributed by atoms with Crippen molar-refractivity contribution in [2.75, 3.05) is 11.5 Å². The monoisotopic (exact) mass is 311 g/mol. The maximum atomic E-state index is 9.54. The Hall–Kier alpha value is -2.01. The Bertz CT molecular complexity index is 791. The first-order valence-corrected chi connectivity index (χ1v) is 8.69. The molecule has 0 amide bonds. The van der Waals surface area contributed by atoms with E-state index in [4.69, 9.17) is 4.98 Å². The number of hydrogen-bond acceptors (Lipinski definition) is 4. The van der Waals surface area contributed by atoms with Gasteiger partial charge in [0.05, 0.1) is 0 Å². The SMILES string of the molecule is Oc1ccc(-n2c(C3CCSCC3)nc3cccnc32)cc1. The highest BCUT2D eigenvalue weighted by atomic mass is 32.2. The van der Waals surface area contributed by atoms with Crippen molar-refractivity contribution in [1.82, 2.24) is 14.5 Å². The Morgan fingerprint density at radius 3 is 2.64 bits per heavy atom. The standard InChI is InChI=1S/C17H17N3OS/c21-14-5-3-13(4-6-14)20-16(12-7-10-22-11-8-12)19-15-2-1-9-18-17(15)20/h1-6,9,12,21H,7-8,10-11H2. The number of imidazole rings is 1. The summed E-state index contributed by atoms with van der Waals surface area (Å²) in [6.07, 6.45) is 4.12. The quantitative estimate of drug-likeness (QED) is 0.783. The van der Waals surface area contributed by atoms with Crippen LogP contribution in [0.15, 0.2) is 42.6 Å². The number of phenols is 1. The highest BCUT2D eigenvalue weighted by Gasteiger charge is 2.23. The minimum atomic E-state index is 0.275. The van der Waals surface area contributed by atoms with Crippen LogP contribution in [0.5, 0.6) is 5.75 Å². The lowest BCUT2D eigenvalue weighted by Gasteiger charge is -2.22.